The molecule has 9 rings (SSSR count). The minimum atomic E-state index is 0. The monoisotopic (exact) mass is 1430 g/mol. The third-order valence-corrected chi connectivity index (χ3v) is 12.2. The number of hydrogen-bond donors (Lipinski definition) is 0. The van der Waals surface area contributed by atoms with E-state index >= 15 is 0 Å². The minimum Gasteiger partial charge on any atom is -0.264 e. The van der Waals surface area contributed by atoms with E-state index in [0.29, 0.717) is 63.4 Å². The highest BCUT2D eigenvalue weighted by Crippen LogP contribution is 2.16. The second-order valence-electron chi connectivity index (χ2n) is 22.8. The van der Waals surface area contributed by atoms with Crippen molar-refractivity contribution in [2.45, 2.75) is 199 Å². The van der Waals surface area contributed by atoms with Gasteiger partial charge in [0.05, 0.1) is 44.9 Å². The quantitative estimate of drug-likeness (QED) is 0.129. The molecular formula is C75H100Cl2N14O10. The van der Waals surface area contributed by atoms with Crippen LogP contribution in [0.3, 0.4) is 0 Å². The highest BCUT2D eigenvalue weighted by atomic mass is 35.5. The highest BCUT2D eigenvalue weighted by molar-refractivity contribution is 6.30. The maximum Gasteiger partial charge on any atom is 0.373 e. The van der Waals surface area contributed by atoms with E-state index < -0.39 is 0 Å². The van der Waals surface area contributed by atoms with Gasteiger partial charge >= 0.3 is 30.8 Å². The van der Waals surface area contributed by atoms with E-state index in [9.17, 15) is 0 Å². The van der Waals surface area contributed by atoms with Crippen LogP contribution >= 0.6 is 23.2 Å². The largest absolute Gasteiger partial charge is 0.373 e. The first-order chi connectivity index (χ1) is 47.4. The van der Waals surface area contributed by atoms with Crippen LogP contribution in [0.2, 0.25) is 10.2 Å². The molecule has 0 aromatic carbocycles. The Morgan fingerprint density at radius 1 is 0.267 bits per heavy atom. The lowest BCUT2D eigenvalue weighted by Crippen LogP contribution is -1.95. The van der Waals surface area contributed by atoms with Gasteiger partial charge in [-0.1, -0.05) is 173 Å². The summed E-state index contributed by atoms with van der Waals surface area (Å²) in [6.07, 6.45) is 22.6. The van der Waals surface area contributed by atoms with Crippen LogP contribution in [0.4, 0.5) is 0 Å². The minimum absolute atomic E-state index is 0. The number of halogens is 2. The molecule has 101 heavy (non-hydrogen) atoms. The van der Waals surface area contributed by atoms with E-state index in [0.717, 1.165) is 51.2 Å². The Balaban J connectivity index is -0.000000245. The summed E-state index contributed by atoms with van der Waals surface area (Å²) < 4.78 is 0. The van der Waals surface area contributed by atoms with Crippen LogP contribution in [0.5, 0.6) is 0 Å². The number of carbonyl (C=O) groups excluding carboxylic acids is 10. The van der Waals surface area contributed by atoms with Crippen molar-refractivity contribution in [3.8, 4) is 0 Å². The Labute approximate surface area is 606 Å². The number of aryl methyl sites for hydroxylation is 2. The van der Waals surface area contributed by atoms with E-state index in [-0.39, 0.29) is 38.2 Å². The molecule has 0 atom stereocenters. The smallest absolute Gasteiger partial charge is 0.264 e. The predicted molar refractivity (Wildman–Crippen MR) is 385 cm³/mol. The van der Waals surface area contributed by atoms with Gasteiger partial charge in [0.2, 0.25) is 0 Å². The molecule has 9 heterocycles. The standard InChI is InChI=1S/C8H10ClN.2C8H12N2.3C8H11N.C7H9ClN2.2C7H10N2.5CO2.CH4/c1-6(2)8-4-3-7(9)5-10-8;2*1-6(2)8-5-4-7(3)9-10-8;2*1-7(2)8-4-3-5-9-6-8;1-7(2)8-5-3-4-6-9-8;1-5(2)6-3-4-7(8)10-9-6;2*1-6(2)7-5-8-3-4-9-7;5*2-1-3;/h3-6H,1-2H3;2*4-6H,1-3H3;3*3-7H,1-2H3;3-5H,1-2H3;2*3-6H,1-2H3;;;;;;1H4. The molecule has 26 heteroatoms. The first kappa shape index (κ1) is 102. The molecule has 0 unspecified atom stereocenters. The lowest BCUT2D eigenvalue weighted by molar-refractivity contribution is -0.193. The van der Waals surface area contributed by atoms with Gasteiger partial charge < -0.3 is 0 Å². The summed E-state index contributed by atoms with van der Waals surface area (Å²) in [6.45, 7) is 42.0. The molecule has 0 radical (unpaired) electrons. The second-order valence-corrected chi connectivity index (χ2v) is 23.6. The van der Waals surface area contributed by atoms with E-state index in [4.69, 9.17) is 71.1 Å². The molecule has 9 aromatic heterocycles. The lowest BCUT2D eigenvalue weighted by Gasteiger charge is -2.01. The molecule has 0 aliphatic heterocycles. The molecule has 0 saturated carbocycles. The summed E-state index contributed by atoms with van der Waals surface area (Å²) in [5.74, 6) is 4.57. The highest BCUT2D eigenvalue weighted by Gasteiger charge is 2.03. The molecule has 544 valence electrons. The SMILES string of the molecule is C.CC(C)c1ccc(Cl)cn1.CC(C)c1ccc(Cl)nn1.CC(C)c1ccccn1.CC(C)c1cccnc1.CC(C)c1cccnc1.CC(C)c1cnccn1.CC(C)c1cnccn1.Cc1ccc(C(C)C)nn1.Cc1ccc(C(C)C)nn1.O=C=O.O=C=O.O=C=O.O=C=O.O=C=O. The molecule has 0 bridgehead atoms. The average molecular weight is 1430 g/mol. The Morgan fingerprint density at radius 3 is 0.772 bits per heavy atom. The van der Waals surface area contributed by atoms with Crippen molar-refractivity contribution in [3.05, 3.63) is 238 Å². The molecule has 0 N–H and O–H groups in total. The van der Waals surface area contributed by atoms with Gasteiger partial charge in [0.1, 0.15) is 0 Å². The third-order valence-electron chi connectivity index (χ3n) is 11.7. The Kier molecular flexibility index (Phi) is 68.4. The maximum atomic E-state index is 8.12. The van der Waals surface area contributed by atoms with Crippen LogP contribution in [-0.2, 0) is 47.9 Å². The summed E-state index contributed by atoms with van der Waals surface area (Å²) in [5, 5.41) is 24.7. The van der Waals surface area contributed by atoms with Crippen LogP contribution in [0.25, 0.3) is 0 Å². The van der Waals surface area contributed by atoms with Crippen LogP contribution in [0.15, 0.2) is 165 Å². The van der Waals surface area contributed by atoms with Crippen molar-refractivity contribution >= 4 is 54.0 Å². The van der Waals surface area contributed by atoms with E-state index in [2.05, 4.69) is 207 Å². The molecule has 0 amide bonds. The van der Waals surface area contributed by atoms with Gasteiger partial charge in [0, 0.05) is 85.7 Å². The molecule has 0 aliphatic rings. The van der Waals surface area contributed by atoms with Crippen molar-refractivity contribution in [2.75, 3.05) is 0 Å². The molecule has 9 aromatic rings. The van der Waals surface area contributed by atoms with Gasteiger partial charge in [-0.15, -0.1) is 5.10 Å². The Bertz CT molecular complexity index is 3010. The normalized spacial score (nSPS) is 9.02. The molecule has 0 aliphatic carbocycles. The fraction of sp³-hybridized carbons (Fsp3) is 0.400. The van der Waals surface area contributed by atoms with E-state index in [1.807, 2.05) is 105 Å². The summed E-state index contributed by atoms with van der Waals surface area (Å²) >= 11 is 11.2. The van der Waals surface area contributed by atoms with Gasteiger partial charge in [0.25, 0.3) is 0 Å². The second kappa shape index (κ2) is 68.0. The fourth-order valence-corrected chi connectivity index (χ4v) is 6.38. The maximum absolute atomic E-state index is 8.12. The first-order valence-corrected chi connectivity index (χ1v) is 32.1. The summed E-state index contributed by atoms with van der Waals surface area (Å²) in [6, 6.07) is 29.6. The molecule has 0 fully saturated rings. The summed E-state index contributed by atoms with van der Waals surface area (Å²) in [7, 11) is 0. The first-order valence-electron chi connectivity index (χ1n) is 31.3. The van der Waals surface area contributed by atoms with Crippen molar-refractivity contribution in [2.24, 2.45) is 0 Å². The topological polar surface area (TPSA) is 351 Å². The van der Waals surface area contributed by atoms with Crippen molar-refractivity contribution < 1.29 is 47.9 Å². The third kappa shape index (κ3) is 61.5. The van der Waals surface area contributed by atoms with Gasteiger partial charge in [-0.3, -0.25) is 39.9 Å². The van der Waals surface area contributed by atoms with E-state index in [1.165, 1.54) is 11.1 Å². The number of rotatable bonds is 9. The van der Waals surface area contributed by atoms with Crippen molar-refractivity contribution in [3.63, 3.8) is 0 Å². The molecule has 0 spiro atoms. The zero-order chi connectivity index (χ0) is 77.2. The van der Waals surface area contributed by atoms with E-state index in [1.54, 1.807) is 61.8 Å². The molecular weight excluding hydrogens is 1330 g/mol. The number of hydrogen-bond acceptors (Lipinski definition) is 24. The van der Waals surface area contributed by atoms with Gasteiger partial charge in [-0.25, -0.2) is 0 Å². The van der Waals surface area contributed by atoms with Gasteiger partial charge in [-0.2, -0.15) is 73.4 Å². The van der Waals surface area contributed by atoms with Gasteiger partial charge in [0.15, 0.2) is 5.15 Å². The van der Waals surface area contributed by atoms with Crippen LogP contribution in [-0.4, -0.2) is 101 Å². The summed E-state index contributed by atoms with van der Waals surface area (Å²) in [4.78, 5) is 114. The number of pyridine rings is 4. The predicted octanol–water partition coefficient (Wildman–Crippen LogP) is 16.5. The van der Waals surface area contributed by atoms with Gasteiger partial charge in [-0.05, 0) is 151 Å². The molecule has 24 nitrogen and oxygen atoms in total. The van der Waals surface area contributed by atoms with Crippen molar-refractivity contribution in [1.82, 2.24) is 70.5 Å². The van der Waals surface area contributed by atoms with Crippen LogP contribution in [0.1, 0.15) is 248 Å². The van der Waals surface area contributed by atoms with Crippen LogP contribution < -0.4 is 0 Å². The molecule has 0 saturated heterocycles. The fourth-order valence-electron chi connectivity index (χ4n) is 6.17. The zero-order valence-corrected chi connectivity index (χ0v) is 62.4. The van der Waals surface area contributed by atoms with Crippen molar-refractivity contribution in [1.29, 1.82) is 0 Å². The number of aromatic nitrogens is 14. The Morgan fingerprint density at radius 2 is 0.574 bits per heavy atom. The lowest BCUT2D eigenvalue weighted by atomic mass is 10.1. The number of nitrogens with zero attached hydrogens (tertiary/aromatic N) is 14. The zero-order valence-electron chi connectivity index (χ0n) is 60.9. The Hall–Kier alpha value is -10.5. The summed E-state index contributed by atoms with van der Waals surface area (Å²) in [5.41, 5.74) is 12.0. The van der Waals surface area contributed by atoms with Crippen LogP contribution in [0, 0.1) is 13.8 Å². The average Bonchev–Trinajstić information content (AvgIpc) is 0.994.